The van der Waals surface area contributed by atoms with Crippen LogP contribution < -0.4 is 0 Å². The molecule has 1 heterocycles. The number of nitrogens with zero attached hydrogens (tertiary/aromatic N) is 1. The molecule has 4 nitrogen and oxygen atoms in total. The van der Waals surface area contributed by atoms with Crippen LogP contribution in [-0.4, -0.2) is 34.8 Å². The van der Waals surface area contributed by atoms with Gasteiger partial charge in [-0.25, -0.2) is 0 Å². The van der Waals surface area contributed by atoms with Gasteiger partial charge in [-0.3, -0.25) is 9.59 Å². The number of fused-ring (bicyclic) bond motifs is 1. The SMILES string of the molecule is O=C(CO)c1ccc2c(c1)CN(C(=O)/C(=C/c1ccccc1)c1ccc(Cl)cc1)CC2. The number of aliphatic hydroxyl groups is 1. The van der Waals surface area contributed by atoms with Crippen molar-refractivity contribution in [2.75, 3.05) is 13.2 Å². The predicted molar refractivity (Wildman–Crippen MR) is 123 cm³/mol. The lowest BCUT2D eigenvalue weighted by Gasteiger charge is -2.30. The van der Waals surface area contributed by atoms with Crippen molar-refractivity contribution in [1.29, 1.82) is 0 Å². The maximum absolute atomic E-state index is 13.6. The molecule has 0 radical (unpaired) electrons. The Morgan fingerprint density at radius 2 is 1.65 bits per heavy atom. The Bertz CT molecular complexity index is 1140. The number of aliphatic hydroxyl groups excluding tert-OH is 1. The van der Waals surface area contributed by atoms with E-state index in [4.69, 9.17) is 16.7 Å². The molecular formula is C26H22ClNO3. The van der Waals surface area contributed by atoms with Crippen molar-refractivity contribution >= 4 is 34.9 Å². The molecule has 1 aliphatic rings. The first kappa shape index (κ1) is 21.0. The molecule has 0 bridgehead atoms. The molecule has 0 aromatic heterocycles. The number of Topliss-reactive ketones (excluding diaryl/α,β-unsaturated/α-hetero) is 1. The highest BCUT2D eigenvalue weighted by atomic mass is 35.5. The van der Waals surface area contributed by atoms with Crippen molar-refractivity contribution in [3.8, 4) is 0 Å². The molecule has 4 rings (SSSR count). The average Bonchev–Trinajstić information content (AvgIpc) is 2.82. The normalized spacial score (nSPS) is 13.6. The van der Waals surface area contributed by atoms with Crippen LogP contribution in [0, 0.1) is 0 Å². The van der Waals surface area contributed by atoms with Crippen LogP contribution in [0.2, 0.25) is 5.02 Å². The largest absolute Gasteiger partial charge is 0.388 e. The van der Waals surface area contributed by atoms with Crippen LogP contribution in [0.1, 0.15) is 32.6 Å². The van der Waals surface area contributed by atoms with Gasteiger partial charge in [0.25, 0.3) is 5.91 Å². The monoisotopic (exact) mass is 431 g/mol. The lowest BCUT2D eigenvalue weighted by molar-refractivity contribution is -0.125. The number of amides is 1. The molecule has 0 spiro atoms. The molecule has 0 saturated heterocycles. The van der Waals surface area contributed by atoms with Crippen LogP contribution >= 0.6 is 11.6 Å². The van der Waals surface area contributed by atoms with Crippen LogP contribution in [0.5, 0.6) is 0 Å². The minimum atomic E-state index is -0.526. The highest BCUT2D eigenvalue weighted by molar-refractivity contribution is 6.31. The minimum Gasteiger partial charge on any atom is -0.388 e. The number of carbonyl (C=O) groups is 2. The quantitative estimate of drug-likeness (QED) is 0.363. The zero-order chi connectivity index (χ0) is 21.8. The summed E-state index contributed by atoms with van der Waals surface area (Å²) in [5, 5.41) is 9.77. The van der Waals surface area contributed by atoms with Crippen molar-refractivity contribution < 1.29 is 14.7 Å². The molecule has 0 fully saturated rings. The third-order valence-corrected chi connectivity index (χ3v) is 5.72. The number of benzene rings is 3. The fourth-order valence-electron chi connectivity index (χ4n) is 3.78. The zero-order valence-corrected chi connectivity index (χ0v) is 17.7. The smallest absolute Gasteiger partial charge is 0.254 e. The molecule has 1 N–H and O–H groups in total. The van der Waals surface area contributed by atoms with Gasteiger partial charge in [-0.2, -0.15) is 0 Å². The summed E-state index contributed by atoms with van der Waals surface area (Å²) >= 11 is 6.05. The summed E-state index contributed by atoms with van der Waals surface area (Å²) in [7, 11) is 0. The Labute approximate surface area is 186 Å². The van der Waals surface area contributed by atoms with Gasteiger partial charge in [-0.05, 0) is 52.9 Å². The summed E-state index contributed by atoms with van der Waals surface area (Å²) < 4.78 is 0. The molecule has 0 aliphatic carbocycles. The molecule has 0 atom stereocenters. The Morgan fingerprint density at radius 1 is 0.935 bits per heavy atom. The molecule has 5 heteroatoms. The lowest BCUT2D eigenvalue weighted by atomic mass is 9.94. The van der Waals surface area contributed by atoms with Crippen LogP contribution in [0.25, 0.3) is 11.6 Å². The molecule has 3 aromatic rings. The maximum atomic E-state index is 13.6. The van der Waals surface area contributed by atoms with Crippen molar-refractivity contribution in [3.63, 3.8) is 0 Å². The van der Waals surface area contributed by atoms with E-state index in [0.717, 1.165) is 22.3 Å². The van der Waals surface area contributed by atoms with E-state index < -0.39 is 6.61 Å². The second-order valence-corrected chi connectivity index (χ2v) is 7.95. The van der Waals surface area contributed by atoms with Gasteiger partial charge in [0.05, 0.1) is 0 Å². The van der Waals surface area contributed by atoms with E-state index in [1.165, 1.54) is 0 Å². The van der Waals surface area contributed by atoms with E-state index >= 15 is 0 Å². The second kappa shape index (κ2) is 9.29. The Morgan fingerprint density at radius 3 is 2.35 bits per heavy atom. The predicted octanol–water partition coefficient (Wildman–Crippen LogP) is 4.64. The van der Waals surface area contributed by atoms with Crippen molar-refractivity contribution in [2.24, 2.45) is 0 Å². The van der Waals surface area contributed by atoms with E-state index in [-0.39, 0.29) is 11.7 Å². The number of ketones is 1. The van der Waals surface area contributed by atoms with E-state index in [2.05, 4.69) is 0 Å². The number of hydrogen-bond acceptors (Lipinski definition) is 3. The minimum absolute atomic E-state index is 0.0734. The second-order valence-electron chi connectivity index (χ2n) is 7.52. The van der Waals surface area contributed by atoms with Crippen molar-refractivity contribution in [3.05, 3.63) is 106 Å². The molecule has 1 amide bonds. The molecule has 0 unspecified atom stereocenters. The van der Waals surface area contributed by atoms with Crippen molar-refractivity contribution in [2.45, 2.75) is 13.0 Å². The summed E-state index contributed by atoms with van der Waals surface area (Å²) in [4.78, 5) is 27.3. The summed E-state index contributed by atoms with van der Waals surface area (Å²) in [6.07, 6.45) is 2.61. The van der Waals surface area contributed by atoms with E-state index in [1.807, 2.05) is 54.6 Å². The Balaban J connectivity index is 1.67. The molecule has 3 aromatic carbocycles. The topological polar surface area (TPSA) is 57.6 Å². The first-order valence-electron chi connectivity index (χ1n) is 10.1. The van der Waals surface area contributed by atoms with Crippen LogP contribution in [0.3, 0.4) is 0 Å². The van der Waals surface area contributed by atoms with Gasteiger partial charge >= 0.3 is 0 Å². The van der Waals surface area contributed by atoms with E-state index in [0.29, 0.717) is 35.7 Å². The Kier molecular flexibility index (Phi) is 6.31. The fraction of sp³-hybridized carbons (Fsp3) is 0.154. The van der Waals surface area contributed by atoms with Gasteiger partial charge in [-0.15, -0.1) is 0 Å². The third kappa shape index (κ3) is 4.76. The van der Waals surface area contributed by atoms with Gasteiger partial charge in [0, 0.05) is 29.2 Å². The number of rotatable bonds is 5. The average molecular weight is 432 g/mol. The van der Waals surface area contributed by atoms with Gasteiger partial charge in [0.1, 0.15) is 6.61 Å². The number of hydrogen-bond donors (Lipinski definition) is 1. The first-order valence-corrected chi connectivity index (χ1v) is 10.5. The van der Waals surface area contributed by atoms with Crippen molar-refractivity contribution in [1.82, 2.24) is 4.90 Å². The summed E-state index contributed by atoms with van der Waals surface area (Å²) in [6.45, 7) is 0.487. The van der Waals surface area contributed by atoms with Crippen LogP contribution in [0.15, 0.2) is 72.8 Å². The fourth-order valence-corrected chi connectivity index (χ4v) is 3.91. The van der Waals surface area contributed by atoms with Gasteiger partial charge in [0.15, 0.2) is 5.78 Å². The maximum Gasteiger partial charge on any atom is 0.254 e. The van der Waals surface area contributed by atoms with Crippen LogP contribution in [0.4, 0.5) is 0 Å². The molecule has 0 saturated carbocycles. The van der Waals surface area contributed by atoms with E-state index in [9.17, 15) is 9.59 Å². The standard InChI is InChI=1S/C26H22ClNO3/c27-23-10-8-20(9-11-23)24(14-18-4-2-1-3-5-18)26(31)28-13-12-19-6-7-21(25(30)17-29)15-22(19)16-28/h1-11,14-15,29H,12-13,16-17H2/b24-14+. The lowest BCUT2D eigenvalue weighted by Crippen LogP contribution is -2.36. The molecule has 1 aliphatic heterocycles. The summed E-state index contributed by atoms with van der Waals surface area (Å²) in [5.74, 6) is -0.396. The molecular weight excluding hydrogens is 410 g/mol. The van der Waals surface area contributed by atoms with E-state index in [1.54, 1.807) is 29.2 Å². The van der Waals surface area contributed by atoms with Crippen LogP contribution in [-0.2, 0) is 17.8 Å². The number of carbonyl (C=O) groups excluding carboxylic acids is 2. The van der Waals surface area contributed by atoms with Gasteiger partial charge in [0.2, 0.25) is 0 Å². The first-order chi connectivity index (χ1) is 15.0. The number of halogens is 1. The Hall–Kier alpha value is -3.21. The van der Waals surface area contributed by atoms with Gasteiger partial charge < -0.3 is 10.0 Å². The highest BCUT2D eigenvalue weighted by Crippen LogP contribution is 2.27. The molecule has 156 valence electrons. The summed E-state index contributed by atoms with van der Waals surface area (Å²) in [5.41, 5.74) is 4.86. The zero-order valence-electron chi connectivity index (χ0n) is 16.9. The third-order valence-electron chi connectivity index (χ3n) is 5.47. The van der Waals surface area contributed by atoms with Gasteiger partial charge in [-0.1, -0.05) is 66.2 Å². The highest BCUT2D eigenvalue weighted by Gasteiger charge is 2.25. The summed E-state index contributed by atoms with van der Waals surface area (Å²) in [6, 6.07) is 22.4. The molecule has 31 heavy (non-hydrogen) atoms.